The summed E-state index contributed by atoms with van der Waals surface area (Å²) in [6.07, 6.45) is 5.43. The lowest BCUT2D eigenvalue weighted by Gasteiger charge is -2.37. The van der Waals surface area contributed by atoms with Crippen molar-refractivity contribution in [2.45, 2.75) is 51.5 Å². The SMILES string of the molecule is CCNC1CCC(c2ccccc2)CC1CCSCC. The molecule has 0 aliphatic heterocycles. The van der Waals surface area contributed by atoms with Crippen molar-refractivity contribution in [2.24, 2.45) is 5.92 Å². The van der Waals surface area contributed by atoms with Gasteiger partial charge in [-0.3, -0.25) is 0 Å². The number of thioether (sulfide) groups is 1. The number of benzene rings is 1. The first-order chi connectivity index (χ1) is 9.85. The summed E-state index contributed by atoms with van der Waals surface area (Å²) in [5.74, 6) is 4.21. The Labute approximate surface area is 128 Å². The highest BCUT2D eigenvalue weighted by molar-refractivity contribution is 7.99. The molecule has 0 saturated heterocycles. The molecule has 0 spiro atoms. The van der Waals surface area contributed by atoms with Gasteiger partial charge in [-0.2, -0.15) is 11.8 Å². The number of hydrogen-bond acceptors (Lipinski definition) is 2. The molecule has 1 aromatic carbocycles. The first-order valence-corrected chi connectivity index (χ1v) is 9.36. The largest absolute Gasteiger partial charge is 0.314 e. The van der Waals surface area contributed by atoms with Crippen molar-refractivity contribution in [1.29, 1.82) is 0 Å². The van der Waals surface area contributed by atoms with Crippen molar-refractivity contribution in [1.82, 2.24) is 5.32 Å². The maximum absolute atomic E-state index is 3.72. The molecule has 3 atom stereocenters. The normalized spacial score (nSPS) is 26.6. The minimum absolute atomic E-state index is 0.748. The van der Waals surface area contributed by atoms with Crippen LogP contribution in [0, 0.1) is 5.92 Å². The first kappa shape index (κ1) is 15.9. The van der Waals surface area contributed by atoms with Crippen LogP contribution in [0.1, 0.15) is 51.0 Å². The minimum atomic E-state index is 0.748. The summed E-state index contributed by atoms with van der Waals surface area (Å²) in [5, 5.41) is 3.72. The van der Waals surface area contributed by atoms with E-state index in [4.69, 9.17) is 0 Å². The molecule has 1 saturated carbocycles. The van der Waals surface area contributed by atoms with Crippen molar-refractivity contribution < 1.29 is 0 Å². The van der Waals surface area contributed by atoms with Gasteiger partial charge in [-0.25, -0.2) is 0 Å². The summed E-state index contributed by atoms with van der Waals surface area (Å²) in [6, 6.07) is 11.9. The summed E-state index contributed by atoms with van der Waals surface area (Å²) in [7, 11) is 0. The van der Waals surface area contributed by atoms with Gasteiger partial charge in [0.2, 0.25) is 0 Å². The molecule has 1 N–H and O–H groups in total. The fraction of sp³-hybridized carbons (Fsp3) is 0.667. The molecule has 1 fully saturated rings. The van der Waals surface area contributed by atoms with Crippen molar-refractivity contribution in [3.63, 3.8) is 0 Å². The van der Waals surface area contributed by atoms with Crippen LogP contribution >= 0.6 is 11.8 Å². The van der Waals surface area contributed by atoms with E-state index in [0.29, 0.717) is 0 Å². The molecule has 20 heavy (non-hydrogen) atoms. The van der Waals surface area contributed by atoms with Crippen LogP contribution in [-0.2, 0) is 0 Å². The van der Waals surface area contributed by atoms with E-state index in [1.807, 2.05) is 0 Å². The lowest BCUT2D eigenvalue weighted by Crippen LogP contribution is -2.40. The Morgan fingerprint density at radius 2 is 1.95 bits per heavy atom. The van der Waals surface area contributed by atoms with E-state index in [1.165, 1.54) is 37.2 Å². The second-order valence-electron chi connectivity index (χ2n) is 5.83. The van der Waals surface area contributed by atoms with E-state index in [2.05, 4.69) is 61.3 Å². The van der Waals surface area contributed by atoms with Crippen LogP contribution in [0.25, 0.3) is 0 Å². The topological polar surface area (TPSA) is 12.0 Å². The van der Waals surface area contributed by atoms with Crippen molar-refractivity contribution >= 4 is 11.8 Å². The molecule has 2 rings (SSSR count). The standard InChI is InChI=1S/C18H29NS/c1-3-19-18-11-10-16(15-8-6-5-7-9-15)14-17(18)12-13-20-4-2/h5-9,16-19H,3-4,10-14H2,1-2H3. The van der Waals surface area contributed by atoms with E-state index < -0.39 is 0 Å². The predicted molar refractivity (Wildman–Crippen MR) is 91.6 cm³/mol. The van der Waals surface area contributed by atoms with Gasteiger partial charge in [0.05, 0.1) is 0 Å². The molecule has 1 nitrogen and oxygen atoms in total. The summed E-state index contributed by atoms with van der Waals surface area (Å²) in [4.78, 5) is 0. The maximum Gasteiger partial charge on any atom is 0.00959 e. The van der Waals surface area contributed by atoms with Crippen LogP contribution in [0.5, 0.6) is 0 Å². The number of rotatable bonds is 7. The van der Waals surface area contributed by atoms with E-state index in [-0.39, 0.29) is 0 Å². The highest BCUT2D eigenvalue weighted by Gasteiger charge is 2.30. The zero-order valence-electron chi connectivity index (χ0n) is 13.0. The Kier molecular flexibility index (Phi) is 6.95. The third-order valence-corrected chi connectivity index (χ3v) is 5.49. The Hall–Kier alpha value is -0.470. The number of nitrogens with one attached hydrogen (secondary N) is 1. The second-order valence-corrected chi connectivity index (χ2v) is 7.22. The summed E-state index contributed by atoms with van der Waals surface area (Å²) >= 11 is 2.09. The van der Waals surface area contributed by atoms with Crippen LogP contribution in [0.2, 0.25) is 0 Å². The van der Waals surface area contributed by atoms with Crippen LogP contribution < -0.4 is 5.32 Å². The van der Waals surface area contributed by atoms with Gasteiger partial charge >= 0.3 is 0 Å². The predicted octanol–water partition coefficient (Wildman–Crippen LogP) is 4.69. The molecule has 1 aromatic rings. The monoisotopic (exact) mass is 291 g/mol. The highest BCUT2D eigenvalue weighted by atomic mass is 32.2. The summed E-state index contributed by atoms with van der Waals surface area (Å²) < 4.78 is 0. The molecule has 1 aliphatic rings. The molecule has 112 valence electrons. The van der Waals surface area contributed by atoms with Crippen LogP contribution in [0.3, 0.4) is 0 Å². The lowest BCUT2D eigenvalue weighted by molar-refractivity contribution is 0.238. The highest BCUT2D eigenvalue weighted by Crippen LogP contribution is 2.38. The zero-order valence-corrected chi connectivity index (χ0v) is 13.8. The molecular weight excluding hydrogens is 262 g/mol. The van der Waals surface area contributed by atoms with Gasteiger partial charge in [-0.1, -0.05) is 44.2 Å². The average molecular weight is 292 g/mol. The van der Waals surface area contributed by atoms with Crippen molar-refractivity contribution in [3.05, 3.63) is 35.9 Å². The Bertz CT molecular complexity index is 365. The average Bonchev–Trinajstić information content (AvgIpc) is 2.50. The molecule has 1 aliphatic carbocycles. The zero-order chi connectivity index (χ0) is 14.2. The van der Waals surface area contributed by atoms with Gasteiger partial charge < -0.3 is 5.32 Å². The second kappa shape index (κ2) is 8.74. The summed E-state index contributed by atoms with van der Waals surface area (Å²) in [5.41, 5.74) is 1.55. The van der Waals surface area contributed by atoms with Crippen LogP contribution in [0.4, 0.5) is 0 Å². The van der Waals surface area contributed by atoms with Crippen LogP contribution in [-0.4, -0.2) is 24.1 Å². The Morgan fingerprint density at radius 3 is 2.65 bits per heavy atom. The Balaban J connectivity index is 1.95. The van der Waals surface area contributed by atoms with Crippen LogP contribution in [0.15, 0.2) is 30.3 Å². The van der Waals surface area contributed by atoms with Gasteiger partial charge in [0, 0.05) is 6.04 Å². The Morgan fingerprint density at radius 1 is 1.15 bits per heavy atom. The molecular formula is C18H29NS. The molecule has 0 amide bonds. The van der Waals surface area contributed by atoms with Gasteiger partial charge in [0.25, 0.3) is 0 Å². The fourth-order valence-corrected chi connectivity index (χ4v) is 4.28. The molecule has 2 heteroatoms. The minimum Gasteiger partial charge on any atom is -0.314 e. The molecule has 0 aromatic heterocycles. The lowest BCUT2D eigenvalue weighted by atomic mass is 9.74. The van der Waals surface area contributed by atoms with Gasteiger partial charge in [0.15, 0.2) is 0 Å². The molecule has 0 heterocycles. The third-order valence-electron chi connectivity index (χ3n) is 4.56. The quantitative estimate of drug-likeness (QED) is 0.731. The van der Waals surface area contributed by atoms with Gasteiger partial charge in [-0.05, 0) is 61.1 Å². The van der Waals surface area contributed by atoms with Crippen molar-refractivity contribution in [2.75, 3.05) is 18.1 Å². The third kappa shape index (κ3) is 4.53. The van der Waals surface area contributed by atoms with Gasteiger partial charge in [0.1, 0.15) is 0 Å². The van der Waals surface area contributed by atoms with E-state index in [0.717, 1.165) is 24.4 Å². The van der Waals surface area contributed by atoms with E-state index >= 15 is 0 Å². The fourth-order valence-electron chi connectivity index (χ4n) is 3.52. The maximum atomic E-state index is 3.72. The summed E-state index contributed by atoms with van der Waals surface area (Å²) in [6.45, 7) is 5.61. The van der Waals surface area contributed by atoms with E-state index in [9.17, 15) is 0 Å². The van der Waals surface area contributed by atoms with E-state index in [1.54, 1.807) is 5.56 Å². The smallest absolute Gasteiger partial charge is 0.00959 e. The molecule has 0 bridgehead atoms. The first-order valence-electron chi connectivity index (χ1n) is 8.21. The molecule has 0 radical (unpaired) electrons. The number of hydrogen-bond donors (Lipinski definition) is 1. The molecule has 3 unspecified atom stereocenters. The van der Waals surface area contributed by atoms with Crippen molar-refractivity contribution in [3.8, 4) is 0 Å². The van der Waals surface area contributed by atoms with Gasteiger partial charge in [-0.15, -0.1) is 0 Å².